The number of likely N-dealkylation sites (N-methyl/N-ethyl adjacent to an activating group) is 1. The number of rotatable bonds is 6. The third-order valence-corrected chi connectivity index (χ3v) is 4.26. The summed E-state index contributed by atoms with van der Waals surface area (Å²) >= 11 is 0. The molecule has 98 valence electrons. The Balaban J connectivity index is 1.97. The maximum absolute atomic E-state index is 4.18. The molecule has 0 aromatic carbocycles. The number of fused-ring (bicyclic) bond motifs is 3. The first-order valence-electron chi connectivity index (χ1n) is 7.11. The number of hydrogen-bond acceptors (Lipinski definition) is 3. The van der Waals surface area contributed by atoms with Crippen molar-refractivity contribution in [2.24, 2.45) is 0 Å². The van der Waals surface area contributed by atoms with Crippen molar-refractivity contribution >= 4 is 0 Å². The van der Waals surface area contributed by atoms with E-state index in [1.807, 2.05) is 0 Å². The van der Waals surface area contributed by atoms with Gasteiger partial charge in [0.05, 0.1) is 0 Å². The van der Waals surface area contributed by atoms with Crippen molar-refractivity contribution in [3.05, 3.63) is 12.2 Å². The van der Waals surface area contributed by atoms with Crippen LogP contribution in [0.3, 0.4) is 0 Å². The average Bonchev–Trinajstić information content (AvgIpc) is 2.39. The van der Waals surface area contributed by atoms with E-state index in [9.17, 15) is 0 Å². The van der Waals surface area contributed by atoms with Crippen molar-refractivity contribution in [2.75, 3.05) is 39.3 Å². The molecule has 0 aliphatic carbocycles. The van der Waals surface area contributed by atoms with Crippen molar-refractivity contribution in [3.63, 3.8) is 0 Å². The van der Waals surface area contributed by atoms with Crippen LogP contribution < -0.4 is 5.32 Å². The van der Waals surface area contributed by atoms with Crippen LogP contribution in [-0.2, 0) is 0 Å². The largest absolute Gasteiger partial charge is 0.312 e. The first kappa shape index (κ1) is 13.1. The maximum Gasteiger partial charge on any atom is 0.0380 e. The van der Waals surface area contributed by atoms with Crippen LogP contribution in [0.2, 0.25) is 0 Å². The quantitative estimate of drug-likeness (QED) is 0.703. The van der Waals surface area contributed by atoms with Crippen LogP contribution in [-0.4, -0.2) is 61.2 Å². The molecule has 3 saturated heterocycles. The van der Waals surface area contributed by atoms with Crippen LogP contribution in [0.1, 0.15) is 26.7 Å². The van der Waals surface area contributed by atoms with E-state index in [2.05, 4.69) is 35.5 Å². The highest BCUT2D eigenvalue weighted by Gasteiger charge is 2.36. The molecule has 3 heteroatoms. The highest BCUT2D eigenvalue weighted by atomic mass is 15.4. The number of nitrogens with zero attached hydrogens (tertiary/aromatic N) is 2. The van der Waals surface area contributed by atoms with Crippen LogP contribution in [0.5, 0.6) is 0 Å². The molecule has 0 radical (unpaired) electrons. The lowest BCUT2D eigenvalue weighted by Gasteiger charge is -2.50. The highest BCUT2D eigenvalue weighted by Crippen LogP contribution is 2.22. The zero-order valence-corrected chi connectivity index (χ0v) is 11.4. The molecule has 2 unspecified atom stereocenters. The van der Waals surface area contributed by atoms with Crippen molar-refractivity contribution in [2.45, 2.75) is 38.8 Å². The molecule has 0 saturated carbocycles. The van der Waals surface area contributed by atoms with Gasteiger partial charge in [-0.1, -0.05) is 26.0 Å². The van der Waals surface area contributed by atoms with Crippen LogP contribution in [0.15, 0.2) is 12.2 Å². The Labute approximate surface area is 106 Å². The summed E-state index contributed by atoms with van der Waals surface area (Å²) in [5.41, 5.74) is 1.38. The summed E-state index contributed by atoms with van der Waals surface area (Å²) in [4.78, 5) is 5.29. The second-order valence-electron chi connectivity index (χ2n) is 5.38. The van der Waals surface area contributed by atoms with E-state index >= 15 is 0 Å². The molecule has 17 heavy (non-hydrogen) atoms. The van der Waals surface area contributed by atoms with Gasteiger partial charge >= 0.3 is 0 Å². The summed E-state index contributed by atoms with van der Waals surface area (Å²) in [7, 11) is 0. The second kappa shape index (κ2) is 5.98. The fraction of sp³-hybridized carbons (Fsp3) is 0.857. The Hall–Kier alpha value is -0.380. The summed E-state index contributed by atoms with van der Waals surface area (Å²) in [6, 6.07) is 1.29. The third kappa shape index (κ3) is 3.09. The minimum absolute atomic E-state index is 0.593. The molecule has 3 heterocycles. The van der Waals surface area contributed by atoms with Crippen molar-refractivity contribution < 1.29 is 0 Å². The molecule has 2 atom stereocenters. The van der Waals surface area contributed by atoms with E-state index in [0.29, 0.717) is 12.1 Å². The third-order valence-electron chi connectivity index (χ3n) is 4.26. The van der Waals surface area contributed by atoms with Gasteiger partial charge in [0.1, 0.15) is 0 Å². The smallest absolute Gasteiger partial charge is 0.0380 e. The lowest BCUT2D eigenvalue weighted by atomic mass is 9.94. The topological polar surface area (TPSA) is 18.5 Å². The molecule has 0 aromatic rings. The molecule has 1 N–H and O–H groups in total. The van der Waals surface area contributed by atoms with Gasteiger partial charge in [0.2, 0.25) is 0 Å². The van der Waals surface area contributed by atoms with E-state index < -0.39 is 0 Å². The predicted molar refractivity (Wildman–Crippen MR) is 73.3 cm³/mol. The number of nitrogens with one attached hydrogen (secondary N) is 1. The van der Waals surface area contributed by atoms with E-state index in [0.717, 1.165) is 19.4 Å². The van der Waals surface area contributed by atoms with Crippen LogP contribution in [0, 0.1) is 0 Å². The number of piperazine rings is 3. The lowest BCUT2D eigenvalue weighted by molar-refractivity contribution is -0.00294. The predicted octanol–water partition coefficient (Wildman–Crippen LogP) is 1.32. The molecule has 0 amide bonds. The average molecular weight is 237 g/mol. The number of hydrogen-bond donors (Lipinski definition) is 1. The van der Waals surface area contributed by atoms with E-state index in [1.165, 1.54) is 38.3 Å². The molecule has 2 bridgehead atoms. The minimum Gasteiger partial charge on any atom is -0.312 e. The highest BCUT2D eigenvalue weighted by molar-refractivity contribution is 5.03. The van der Waals surface area contributed by atoms with E-state index in [1.54, 1.807) is 0 Å². The van der Waals surface area contributed by atoms with Crippen LogP contribution in [0.4, 0.5) is 0 Å². The van der Waals surface area contributed by atoms with Crippen molar-refractivity contribution in [1.29, 1.82) is 0 Å². The Morgan fingerprint density at radius 3 is 2.47 bits per heavy atom. The summed E-state index contributed by atoms with van der Waals surface area (Å²) in [6.07, 6.45) is 2.25. The van der Waals surface area contributed by atoms with Crippen molar-refractivity contribution in [1.82, 2.24) is 15.1 Å². The molecule has 3 rings (SSSR count). The van der Waals surface area contributed by atoms with Gasteiger partial charge in [-0.2, -0.15) is 0 Å². The van der Waals surface area contributed by atoms with Crippen molar-refractivity contribution in [3.8, 4) is 0 Å². The molecule has 3 aliphatic rings. The van der Waals surface area contributed by atoms with E-state index in [-0.39, 0.29) is 0 Å². The molecule has 3 aliphatic heterocycles. The summed E-state index contributed by atoms with van der Waals surface area (Å²) in [5, 5.41) is 3.67. The van der Waals surface area contributed by atoms with Gasteiger partial charge < -0.3 is 5.32 Å². The standard InChI is InChI=1S/C14H27N3/c1-4-12(3)10-13(15-5-2)14-11-16-6-8-17(14)9-7-16/h13-15H,3-11H2,1-2H3. The summed E-state index contributed by atoms with van der Waals surface area (Å²) < 4.78 is 0. The molecule has 3 fully saturated rings. The summed E-state index contributed by atoms with van der Waals surface area (Å²) in [5.74, 6) is 0. The lowest BCUT2D eigenvalue weighted by Crippen LogP contribution is -2.66. The van der Waals surface area contributed by atoms with Gasteiger partial charge in [-0.05, 0) is 19.4 Å². The minimum atomic E-state index is 0.593. The first-order valence-corrected chi connectivity index (χ1v) is 7.11. The second-order valence-corrected chi connectivity index (χ2v) is 5.38. The molecule has 0 aromatic heterocycles. The normalized spacial score (nSPS) is 33.6. The zero-order valence-electron chi connectivity index (χ0n) is 11.4. The molecule has 0 spiro atoms. The fourth-order valence-corrected chi connectivity index (χ4v) is 3.10. The van der Waals surface area contributed by atoms with Crippen LogP contribution in [0.25, 0.3) is 0 Å². The Bertz CT molecular complexity index is 256. The molecular weight excluding hydrogens is 210 g/mol. The SMILES string of the molecule is C=C(CC)CC(NCC)C1CN2CCN1CC2. The van der Waals surface area contributed by atoms with Gasteiger partial charge in [0.15, 0.2) is 0 Å². The van der Waals surface area contributed by atoms with Gasteiger partial charge in [-0.25, -0.2) is 0 Å². The molecular formula is C14H27N3. The Morgan fingerprint density at radius 2 is 2.00 bits per heavy atom. The van der Waals surface area contributed by atoms with Gasteiger partial charge in [-0.15, -0.1) is 0 Å². The molecule has 3 nitrogen and oxygen atoms in total. The zero-order chi connectivity index (χ0) is 12.3. The van der Waals surface area contributed by atoms with E-state index in [4.69, 9.17) is 0 Å². The Kier molecular flexibility index (Phi) is 4.60. The first-order chi connectivity index (χ1) is 8.24. The van der Waals surface area contributed by atoms with Crippen LogP contribution >= 0.6 is 0 Å². The Morgan fingerprint density at radius 1 is 1.29 bits per heavy atom. The van der Waals surface area contributed by atoms with Gasteiger partial charge in [0.25, 0.3) is 0 Å². The maximum atomic E-state index is 4.18. The van der Waals surface area contributed by atoms with Gasteiger partial charge in [0, 0.05) is 44.8 Å². The van der Waals surface area contributed by atoms with Gasteiger partial charge in [-0.3, -0.25) is 9.80 Å². The fourth-order valence-electron chi connectivity index (χ4n) is 3.10. The summed E-state index contributed by atoms with van der Waals surface area (Å²) in [6.45, 7) is 15.9. The monoisotopic (exact) mass is 237 g/mol.